The molecule has 0 fully saturated rings. The summed E-state index contributed by atoms with van der Waals surface area (Å²) in [7, 11) is 3.84. The Morgan fingerprint density at radius 2 is 2.20 bits per heavy atom. The van der Waals surface area contributed by atoms with Gasteiger partial charge in [0.15, 0.2) is 0 Å². The molecule has 0 radical (unpaired) electrons. The molecule has 1 rings (SSSR count). The lowest BCUT2D eigenvalue weighted by atomic mass is 10.1. The second-order valence-electron chi connectivity index (χ2n) is 3.67. The van der Waals surface area contributed by atoms with Crippen LogP contribution in [0, 0.1) is 0 Å². The standard InChI is InChI=1S/C11H18N2O2/c1-4-15-10-5-9(6-12-7-10)11(14)8-13(2)3/h5-7,11,14H,4,8H2,1-3H3. The van der Waals surface area contributed by atoms with Gasteiger partial charge in [-0.15, -0.1) is 0 Å². The van der Waals surface area contributed by atoms with E-state index in [1.165, 1.54) is 0 Å². The first-order chi connectivity index (χ1) is 7.13. The van der Waals surface area contributed by atoms with E-state index in [0.717, 1.165) is 5.56 Å². The first-order valence-corrected chi connectivity index (χ1v) is 5.04. The number of hydrogen-bond acceptors (Lipinski definition) is 4. The lowest BCUT2D eigenvalue weighted by Gasteiger charge is -2.16. The fourth-order valence-electron chi connectivity index (χ4n) is 1.31. The molecule has 15 heavy (non-hydrogen) atoms. The minimum absolute atomic E-state index is 0.520. The zero-order valence-corrected chi connectivity index (χ0v) is 9.47. The number of hydrogen-bond donors (Lipinski definition) is 1. The van der Waals surface area contributed by atoms with Crippen molar-refractivity contribution in [1.82, 2.24) is 9.88 Å². The van der Waals surface area contributed by atoms with E-state index >= 15 is 0 Å². The summed E-state index contributed by atoms with van der Waals surface area (Å²) in [6.07, 6.45) is 2.79. The van der Waals surface area contributed by atoms with E-state index in [9.17, 15) is 5.11 Å². The summed E-state index contributed by atoms with van der Waals surface area (Å²) >= 11 is 0. The zero-order valence-electron chi connectivity index (χ0n) is 9.47. The van der Waals surface area contributed by atoms with Gasteiger partial charge in [0, 0.05) is 18.3 Å². The molecule has 0 saturated heterocycles. The summed E-state index contributed by atoms with van der Waals surface area (Å²) in [5, 5.41) is 9.85. The molecule has 1 heterocycles. The number of rotatable bonds is 5. The van der Waals surface area contributed by atoms with Crippen molar-refractivity contribution in [2.75, 3.05) is 27.2 Å². The van der Waals surface area contributed by atoms with Gasteiger partial charge in [-0.3, -0.25) is 4.98 Å². The highest BCUT2D eigenvalue weighted by molar-refractivity contribution is 5.25. The molecule has 1 N–H and O–H groups in total. The van der Waals surface area contributed by atoms with Gasteiger partial charge < -0.3 is 14.7 Å². The Balaban J connectivity index is 2.71. The number of likely N-dealkylation sites (N-methyl/N-ethyl adjacent to an activating group) is 1. The van der Waals surface area contributed by atoms with Gasteiger partial charge in [0.1, 0.15) is 5.75 Å². The van der Waals surface area contributed by atoms with E-state index in [1.807, 2.05) is 32.0 Å². The molecule has 1 aromatic rings. The molecule has 1 aromatic heterocycles. The maximum absolute atomic E-state index is 9.85. The third-order valence-corrected chi connectivity index (χ3v) is 1.97. The number of aromatic nitrogens is 1. The van der Waals surface area contributed by atoms with Crippen molar-refractivity contribution >= 4 is 0 Å². The third kappa shape index (κ3) is 3.85. The highest BCUT2D eigenvalue weighted by Crippen LogP contribution is 2.17. The fraction of sp³-hybridized carbons (Fsp3) is 0.545. The van der Waals surface area contributed by atoms with Crippen LogP contribution in [0.5, 0.6) is 5.75 Å². The molecule has 0 aliphatic carbocycles. The average Bonchev–Trinajstić information content (AvgIpc) is 2.17. The molecule has 0 aliphatic heterocycles. The topological polar surface area (TPSA) is 45.6 Å². The second-order valence-corrected chi connectivity index (χ2v) is 3.67. The molecule has 0 aliphatic rings. The number of aliphatic hydroxyl groups excluding tert-OH is 1. The Labute approximate surface area is 90.5 Å². The van der Waals surface area contributed by atoms with Gasteiger partial charge in [-0.1, -0.05) is 0 Å². The normalized spacial score (nSPS) is 12.9. The maximum atomic E-state index is 9.85. The summed E-state index contributed by atoms with van der Waals surface area (Å²) in [5.74, 6) is 0.702. The van der Waals surface area contributed by atoms with Crippen LogP contribution < -0.4 is 4.74 Å². The molecule has 84 valence electrons. The van der Waals surface area contributed by atoms with Crippen LogP contribution >= 0.6 is 0 Å². The van der Waals surface area contributed by atoms with E-state index in [1.54, 1.807) is 12.4 Å². The van der Waals surface area contributed by atoms with Crippen molar-refractivity contribution < 1.29 is 9.84 Å². The van der Waals surface area contributed by atoms with Crippen molar-refractivity contribution in [2.24, 2.45) is 0 Å². The lowest BCUT2D eigenvalue weighted by molar-refractivity contribution is 0.137. The molecule has 0 spiro atoms. The fourth-order valence-corrected chi connectivity index (χ4v) is 1.31. The smallest absolute Gasteiger partial charge is 0.137 e. The molecule has 0 amide bonds. The third-order valence-electron chi connectivity index (χ3n) is 1.97. The van der Waals surface area contributed by atoms with E-state index in [-0.39, 0.29) is 0 Å². The first-order valence-electron chi connectivity index (χ1n) is 5.04. The average molecular weight is 210 g/mol. The van der Waals surface area contributed by atoms with Crippen molar-refractivity contribution in [2.45, 2.75) is 13.0 Å². The molecular formula is C11H18N2O2. The molecule has 0 bridgehead atoms. The summed E-state index contributed by atoms with van der Waals surface area (Å²) in [6, 6.07) is 1.82. The summed E-state index contributed by atoms with van der Waals surface area (Å²) in [4.78, 5) is 5.96. The van der Waals surface area contributed by atoms with Gasteiger partial charge in [-0.25, -0.2) is 0 Å². The van der Waals surface area contributed by atoms with Crippen molar-refractivity contribution in [3.63, 3.8) is 0 Å². The Bertz CT molecular complexity index is 302. The minimum Gasteiger partial charge on any atom is -0.492 e. The quantitative estimate of drug-likeness (QED) is 0.789. The van der Waals surface area contributed by atoms with Crippen LogP contribution in [0.3, 0.4) is 0 Å². The predicted molar refractivity (Wildman–Crippen MR) is 58.9 cm³/mol. The van der Waals surface area contributed by atoms with Crippen molar-refractivity contribution in [3.05, 3.63) is 24.0 Å². The largest absolute Gasteiger partial charge is 0.492 e. The van der Waals surface area contributed by atoms with Gasteiger partial charge in [0.2, 0.25) is 0 Å². The van der Waals surface area contributed by atoms with E-state index in [0.29, 0.717) is 18.9 Å². The summed E-state index contributed by atoms with van der Waals surface area (Å²) in [5.41, 5.74) is 0.787. The summed E-state index contributed by atoms with van der Waals surface area (Å²) in [6.45, 7) is 3.11. The SMILES string of the molecule is CCOc1cncc(C(O)CN(C)C)c1. The Morgan fingerprint density at radius 3 is 2.80 bits per heavy atom. The molecule has 4 nitrogen and oxygen atoms in total. The lowest BCUT2D eigenvalue weighted by Crippen LogP contribution is -2.20. The van der Waals surface area contributed by atoms with Crippen LogP contribution in [0.2, 0.25) is 0 Å². The van der Waals surface area contributed by atoms with Gasteiger partial charge in [-0.05, 0) is 27.1 Å². The molecule has 4 heteroatoms. The maximum Gasteiger partial charge on any atom is 0.137 e. The molecule has 0 aromatic carbocycles. The molecule has 1 atom stereocenters. The highest BCUT2D eigenvalue weighted by Gasteiger charge is 2.09. The number of ether oxygens (including phenoxy) is 1. The first kappa shape index (κ1) is 11.9. The monoisotopic (exact) mass is 210 g/mol. The number of aliphatic hydroxyl groups is 1. The van der Waals surface area contributed by atoms with Gasteiger partial charge in [-0.2, -0.15) is 0 Å². The van der Waals surface area contributed by atoms with E-state index < -0.39 is 6.10 Å². The second kappa shape index (κ2) is 5.68. The van der Waals surface area contributed by atoms with Crippen LogP contribution in [0.25, 0.3) is 0 Å². The van der Waals surface area contributed by atoms with Crippen molar-refractivity contribution in [3.8, 4) is 5.75 Å². The Morgan fingerprint density at radius 1 is 1.47 bits per heavy atom. The highest BCUT2D eigenvalue weighted by atomic mass is 16.5. The molecule has 1 unspecified atom stereocenters. The van der Waals surface area contributed by atoms with Crippen LogP contribution in [0.4, 0.5) is 0 Å². The molecule has 0 saturated carbocycles. The van der Waals surface area contributed by atoms with Crippen LogP contribution in [-0.4, -0.2) is 42.2 Å². The van der Waals surface area contributed by atoms with Crippen LogP contribution in [0.15, 0.2) is 18.5 Å². The van der Waals surface area contributed by atoms with E-state index in [2.05, 4.69) is 4.98 Å². The van der Waals surface area contributed by atoms with Gasteiger partial charge in [0.05, 0.1) is 18.9 Å². The van der Waals surface area contributed by atoms with Gasteiger partial charge in [0.25, 0.3) is 0 Å². The number of pyridine rings is 1. The van der Waals surface area contributed by atoms with Gasteiger partial charge >= 0.3 is 0 Å². The zero-order chi connectivity index (χ0) is 11.3. The summed E-state index contributed by atoms with van der Waals surface area (Å²) < 4.78 is 5.31. The Hall–Kier alpha value is -1.13. The minimum atomic E-state index is -0.520. The van der Waals surface area contributed by atoms with E-state index in [4.69, 9.17) is 4.74 Å². The van der Waals surface area contributed by atoms with Crippen LogP contribution in [0.1, 0.15) is 18.6 Å². The Kier molecular flexibility index (Phi) is 4.52. The van der Waals surface area contributed by atoms with Crippen molar-refractivity contribution in [1.29, 1.82) is 0 Å². The number of nitrogens with zero attached hydrogens (tertiary/aromatic N) is 2. The molecular weight excluding hydrogens is 192 g/mol. The predicted octanol–water partition coefficient (Wildman–Crippen LogP) is 1.08. The van der Waals surface area contributed by atoms with Crippen LogP contribution in [-0.2, 0) is 0 Å².